The van der Waals surface area contributed by atoms with E-state index in [1.54, 1.807) is 0 Å². The maximum atomic E-state index is 4.16. The second-order valence-corrected chi connectivity index (χ2v) is 5.41. The third-order valence-electron chi connectivity index (χ3n) is 3.18. The highest BCUT2D eigenvalue weighted by molar-refractivity contribution is 5.45. The minimum atomic E-state index is 0.240. The summed E-state index contributed by atoms with van der Waals surface area (Å²) in [5, 5.41) is 0. The van der Waals surface area contributed by atoms with Crippen LogP contribution >= 0.6 is 0 Å². The van der Waals surface area contributed by atoms with Crippen molar-refractivity contribution < 1.29 is 0 Å². The van der Waals surface area contributed by atoms with Crippen LogP contribution in [0.5, 0.6) is 0 Å². The molecule has 0 heteroatoms. The smallest absolute Gasteiger partial charge is 0.0133 e. The molecule has 0 aromatic rings. The standard InChI is InChI=1S/C16H26/c1-9-11-13(4)15(12(3)10-2)14(5)16(6,7)8/h9-11,14H,2,4H2,1,3,5-8H3/b11-9-,15-12+. The van der Waals surface area contributed by atoms with Gasteiger partial charge in [-0.2, -0.15) is 0 Å². The number of allylic oxidation sites excluding steroid dienone is 6. The van der Waals surface area contributed by atoms with Gasteiger partial charge in [-0.15, -0.1) is 0 Å². The van der Waals surface area contributed by atoms with Gasteiger partial charge in [0.05, 0.1) is 0 Å². The van der Waals surface area contributed by atoms with E-state index in [4.69, 9.17) is 0 Å². The molecule has 0 saturated heterocycles. The van der Waals surface area contributed by atoms with Gasteiger partial charge in [0.2, 0.25) is 0 Å². The Hall–Kier alpha value is -1.04. The van der Waals surface area contributed by atoms with E-state index in [2.05, 4.69) is 53.9 Å². The monoisotopic (exact) mass is 218 g/mol. The van der Waals surface area contributed by atoms with Crippen molar-refractivity contribution in [3.05, 3.63) is 48.1 Å². The van der Waals surface area contributed by atoms with Gasteiger partial charge in [-0.05, 0) is 41.9 Å². The largest absolute Gasteiger partial charge is 0.0988 e. The van der Waals surface area contributed by atoms with Crippen LogP contribution in [0.4, 0.5) is 0 Å². The molecular weight excluding hydrogens is 192 g/mol. The lowest BCUT2D eigenvalue weighted by molar-refractivity contribution is 0.302. The van der Waals surface area contributed by atoms with E-state index < -0.39 is 0 Å². The normalized spacial score (nSPS) is 15.9. The first kappa shape index (κ1) is 15.0. The molecule has 0 amide bonds. The first-order valence-electron chi connectivity index (χ1n) is 5.90. The molecule has 0 spiro atoms. The zero-order valence-corrected chi connectivity index (χ0v) is 11.7. The Labute approximate surface area is 101 Å². The summed E-state index contributed by atoms with van der Waals surface area (Å²) in [5.74, 6) is 0.467. The molecule has 0 aliphatic carbocycles. The second kappa shape index (κ2) is 5.89. The van der Waals surface area contributed by atoms with E-state index in [-0.39, 0.29) is 5.41 Å². The highest BCUT2D eigenvalue weighted by atomic mass is 14.3. The Morgan fingerprint density at radius 3 is 2.06 bits per heavy atom. The lowest BCUT2D eigenvalue weighted by atomic mass is 9.74. The Morgan fingerprint density at radius 1 is 1.25 bits per heavy atom. The molecule has 0 fully saturated rings. The van der Waals surface area contributed by atoms with Crippen molar-refractivity contribution in [1.29, 1.82) is 0 Å². The fourth-order valence-electron chi connectivity index (χ4n) is 1.71. The summed E-state index contributed by atoms with van der Waals surface area (Å²) in [4.78, 5) is 0. The Balaban J connectivity index is 5.46. The molecule has 0 saturated carbocycles. The van der Waals surface area contributed by atoms with Crippen LogP contribution in [0.1, 0.15) is 41.5 Å². The van der Waals surface area contributed by atoms with Gasteiger partial charge in [-0.1, -0.05) is 59.1 Å². The minimum absolute atomic E-state index is 0.240. The molecule has 16 heavy (non-hydrogen) atoms. The van der Waals surface area contributed by atoms with Crippen LogP contribution in [0.15, 0.2) is 48.1 Å². The zero-order valence-electron chi connectivity index (χ0n) is 11.7. The lowest BCUT2D eigenvalue weighted by Crippen LogP contribution is -2.20. The predicted molar refractivity (Wildman–Crippen MR) is 75.5 cm³/mol. The van der Waals surface area contributed by atoms with E-state index in [9.17, 15) is 0 Å². The molecule has 0 rings (SSSR count). The molecular formula is C16H26. The summed E-state index contributed by atoms with van der Waals surface area (Å²) in [6, 6.07) is 0. The molecule has 0 heterocycles. The molecule has 0 aromatic carbocycles. The predicted octanol–water partition coefficient (Wildman–Crippen LogP) is 5.30. The van der Waals surface area contributed by atoms with Gasteiger partial charge in [0.25, 0.3) is 0 Å². The highest BCUT2D eigenvalue weighted by Gasteiger charge is 2.25. The van der Waals surface area contributed by atoms with Crippen molar-refractivity contribution in [2.75, 3.05) is 0 Å². The van der Waals surface area contributed by atoms with Crippen LogP contribution in [0, 0.1) is 11.3 Å². The van der Waals surface area contributed by atoms with E-state index in [1.807, 2.05) is 19.1 Å². The fraction of sp³-hybridized carbons (Fsp3) is 0.500. The van der Waals surface area contributed by atoms with Crippen LogP contribution in [-0.2, 0) is 0 Å². The SMILES string of the molecule is C=C/C(C)=C(\C(=C)/C=C\C)C(C)C(C)(C)C. The van der Waals surface area contributed by atoms with Crippen LogP contribution < -0.4 is 0 Å². The lowest BCUT2D eigenvalue weighted by Gasteiger charge is -2.31. The Morgan fingerprint density at radius 2 is 1.75 bits per heavy atom. The first-order valence-corrected chi connectivity index (χ1v) is 5.90. The first-order chi connectivity index (χ1) is 7.25. The van der Waals surface area contributed by atoms with Crippen molar-refractivity contribution in [3.8, 4) is 0 Å². The Bertz CT molecular complexity index is 318. The van der Waals surface area contributed by atoms with Crippen molar-refractivity contribution in [3.63, 3.8) is 0 Å². The van der Waals surface area contributed by atoms with Gasteiger partial charge < -0.3 is 0 Å². The maximum absolute atomic E-state index is 4.16. The van der Waals surface area contributed by atoms with Gasteiger partial charge >= 0.3 is 0 Å². The topological polar surface area (TPSA) is 0 Å². The zero-order chi connectivity index (χ0) is 12.9. The number of hydrogen-bond acceptors (Lipinski definition) is 0. The number of rotatable bonds is 4. The quantitative estimate of drug-likeness (QED) is 0.561. The van der Waals surface area contributed by atoms with Gasteiger partial charge in [0.1, 0.15) is 0 Å². The summed E-state index contributed by atoms with van der Waals surface area (Å²) in [6.07, 6.45) is 6.03. The summed E-state index contributed by atoms with van der Waals surface area (Å²) in [7, 11) is 0. The van der Waals surface area contributed by atoms with Gasteiger partial charge in [0, 0.05) is 0 Å². The van der Waals surface area contributed by atoms with Crippen LogP contribution in [-0.4, -0.2) is 0 Å². The van der Waals surface area contributed by atoms with Gasteiger partial charge in [-0.3, -0.25) is 0 Å². The summed E-state index contributed by atoms with van der Waals surface area (Å²) >= 11 is 0. The molecule has 0 aromatic heterocycles. The Kier molecular flexibility index (Phi) is 5.50. The van der Waals surface area contributed by atoms with Crippen molar-refractivity contribution in [2.45, 2.75) is 41.5 Å². The van der Waals surface area contributed by atoms with E-state index in [0.717, 1.165) is 5.57 Å². The molecule has 1 atom stereocenters. The third-order valence-corrected chi connectivity index (χ3v) is 3.18. The third kappa shape index (κ3) is 3.84. The molecule has 1 unspecified atom stereocenters. The molecule has 90 valence electrons. The van der Waals surface area contributed by atoms with Gasteiger partial charge in [0.15, 0.2) is 0 Å². The highest BCUT2D eigenvalue weighted by Crippen LogP contribution is 2.36. The van der Waals surface area contributed by atoms with Crippen molar-refractivity contribution >= 4 is 0 Å². The van der Waals surface area contributed by atoms with Crippen molar-refractivity contribution in [2.24, 2.45) is 11.3 Å². The molecule has 0 bridgehead atoms. The average molecular weight is 218 g/mol. The molecule has 0 aliphatic rings. The average Bonchev–Trinajstić information content (AvgIpc) is 2.16. The molecule has 0 nitrogen and oxygen atoms in total. The van der Waals surface area contributed by atoms with Gasteiger partial charge in [-0.25, -0.2) is 0 Å². The maximum Gasteiger partial charge on any atom is -0.0133 e. The van der Waals surface area contributed by atoms with E-state index in [1.165, 1.54) is 11.1 Å². The fourth-order valence-corrected chi connectivity index (χ4v) is 1.71. The van der Waals surface area contributed by atoms with Crippen LogP contribution in [0.3, 0.4) is 0 Å². The molecule has 0 aliphatic heterocycles. The summed E-state index contributed by atoms with van der Waals surface area (Å²) in [5.41, 5.74) is 3.89. The van der Waals surface area contributed by atoms with E-state index in [0.29, 0.717) is 5.92 Å². The molecule has 0 radical (unpaired) electrons. The molecule has 0 N–H and O–H groups in total. The van der Waals surface area contributed by atoms with Crippen LogP contribution in [0.2, 0.25) is 0 Å². The second-order valence-electron chi connectivity index (χ2n) is 5.41. The number of hydrogen-bond donors (Lipinski definition) is 0. The van der Waals surface area contributed by atoms with Crippen molar-refractivity contribution in [1.82, 2.24) is 0 Å². The summed E-state index contributed by atoms with van der Waals surface area (Å²) in [6.45, 7) is 21.2. The van der Waals surface area contributed by atoms with Crippen LogP contribution in [0.25, 0.3) is 0 Å². The minimum Gasteiger partial charge on any atom is -0.0988 e. The summed E-state index contributed by atoms with van der Waals surface area (Å²) < 4.78 is 0. The van der Waals surface area contributed by atoms with E-state index >= 15 is 0 Å².